The molecule has 5 heteroatoms. The Morgan fingerprint density at radius 1 is 1.23 bits per heavy atom. The van der Waals surface area contributed by atoms with Crippen LogP contribution in [0.3, 0.4) is 0 Å². The Morgan fingerprint density at radius 2 is 2.08 bits per heavy atom. The average molecular weight is 351 g/mol. The smallest absolute Gasteiger partial charge is 0.241 e. The van der Waals surface area contributed by atoms with Crippen molar-refractivity contribution in [2.75, 3.05) is 12.4 Å². The second-order valence-corrected chi connectivity index (χ2v) is 6.45. The third-order valence-electron chi connectivity index (χ3n) is 4.46. The lowest BCUT2D eigenvalue weighted by atomic mass is 10.1. The molecule has 0 aliphatic carbocycles. The zero-order chi connectivity index (χ0) is 18.5. The van der Waals surface area contributed by atoms with Crippen LogP contribution >= 0.6 is 0 Å². The first-order chi connectivity index (χ1) is 12.6. The molecule has 3 N–H and O–H groups in total. The van der Waals surface area contributed by atoms with E-state index in [1.54, 1.807) is 7.11 Å². The number of carbonyl (C=O) groups excluding carboxylic acids is 1. The van der Waals surface area contributed by atoms with E-state index in [-0.39, 0.29) is 5.91 Å². The SMILES string of the molecule is CCCC(N)C(=O)Nc1ccc2ccn(Cc3cccc(OC)c3)c2c1. The monoisotopic (exact) mass is 351 g/mol. The minimum absolute atomic E-state index is 0.142. The van der Waals surface area contributed by atoms with Gasteiger partial charge in [-0.15, -0.1) is 0 Å². The number of anilines is 1. The lowest BCUT2D eigenvalue weighted by Gasteiger charge is -2.12. The topological polar surface area (TPSA) is 69.3 Å². The molecule has 0 saturated carbocycles. The number of nitrogens with zero attached hydrogens (tertiary/aromatic N) is 1. The highest BCUT2D eigenvalue weighted by Crippen LogP contribution is 2.23. The second kappa shape index (κ2) is 8.06. The summed E-state index contributed by atoms with van der Waals surface area (Å²) in [6, 6.07) is 15.5. The Bertz CT molecular complexity index is 901. The Kier molecular flexibility index (Phi) is 5.58. The van der Waals surface area contributed by atoms with Crippen molar-refractivity contribution < 1.29 is 9.53 Å². The van der Waals surface area contributed by atoms with Gasteiger partial charge in [0.2, 0.25) is 5.91 Å². The van der Waals surface area contributed by atoms with Gasteiger partial charge >= 0.3 is 0 Å². The van der Waals surface area contributed by atoms with Crippen LogP contribution < -0.4 is 15.8 Å². The number of methoxy groups -OCH3 is 1. The fraction of sp³-hybridized carbons (Fsp3) is 0.286. The third kappa shape index (κ3) is 4.06. The van der Waals surface area contributed by atoms with Gasteiger partial charge in [0, 0.05) is 18.4 Å². The van der Waals surface area contributed by atoms with Crippen molar-refractivity contribution >= 4 is 22.5 Å². The van der Waals surface area contributed by atoms with Crippen LogP contribution in [0.2, 0.25) is 0 Å². The maximum absolute atomic E-state index is 12.2. The molecule has 3 aromatic rings. The van der Waals surface area contributed by atoms with Crippen LogP contribution in [0.5, 0.6) is 5.75 Å². The summed E-state index contributed by atoms with van der Waals surface area (Å²) >= 11 is 0. The highest BCUT2D eigenvalue weighted by Gasteiger charge is 2.13. The number of fused-ring (bicyclic) bond motifs is 1. The maximum atomic E-state index is 12.2. The van der Waals surface area contributed by atoms with Crippen molar-refractivity contribution in [2.45, 2.75) is 32.4 Å². The summed E-state index contributed by atoms with van der Waals surface area (Å²) < 4.78 is 7.46. The van der Waals surface area contributed by atoms with Gasteiger partial charge in [-0.25, -0.2) is 0 Å². The van der Waals surface area contributed by atoms with E-state index in [9.17, 15) is 4.79 Å². The van der Waals surface area contributed by atoms with Crippen LogP contribution in [0.25, 0.3) is 10.9 Å². The molecule has 1 heterocycles. The summed E-state index contributed by atoms with van der Waals surface area (Å²) in [6.45, 7) is 2.75. The number of hydrogen-bond acceptors (Lipinski definition) is 3. The largest absolute Gasteiger partial charge is 0.497 e. The normalized spacial score (nSPS) is 12.1. The second-order valence-electron chi connectivity index (χ2n) is 6.45. The standard InChI is InChI=1S/C21H25N3O2/c1-3-5-19(22)21(25)23-17-9-8-16-10-11-24(20(16)13-17)14-15-6-4-7-18(12-15)26-2/h4,6-13,19H,3,5,14,22H2,1-2H3,(H,23,25). The van der Waals surface area contributed by atoms with E-state index in [0.29, 0.717) is 6.42 Å². The molecule has 26 heavy (non-hydrogen) atoms. The van der Waals surface area contributed by atoms with Gasteiger partial charge < -0.3 is 20.4 Å². The van der Waals surface area contributed by atoms with Gasteiger partial charge in [0.25, 0.3) is 0 Å². The number of hydrogen-bond donors (Lipinski definition) is 2. The Hall–Kier alpha value is -2.79. The predicted molar refractivity (Wildman–Crippen MR) is 106 cm³/mol. The Balaban J connectivity index is 1.82. The van der Waals surface area contributed by atoms with Crippen LogP contribution in [0.4, 0.5) is 5.69 Å². The highest BCUT2D eigenvalue weighted by molar-refractivity contribution is 5.96. The molecule has 0 spiro atoms. The molecule has 0 fully saturated rings. The Labute approximate surface area is 153 Å². The lowest BCUT2D eigenvalue weighted by molar-refractivity contribution is -0.117. The highest BCUT2D eigenvalue weighted by atomic mass is 16.5. The molecular weight excluding hydrogens is 326 g/mol. The van der Waals surface area contributed by atoms with Crippen molar-refractivity contribution in [1.82, 2.24) is 4.57 Å². The minimum Gasteiger partial charge on any atom is -0.497 e. The summed E-state index contributed by atoms with van der Waals surface area (Å²) in [5.74, 6) is 0.703. The first-order valence-corrected chi connectivity index (χ1v) is 8.89. The molecule has 2 aromatic carbocycles. The maximum Gasteiger partial charge on any atom is 0.241 e. The fourth-order valence-corrected chi connectivity index (χ4v) is 3.04. The van der Waals surface area contributed by atoms with Crippen molar-refractivity contribution in [2.24, 2.45) is 5.73 Å². The molecule has 136 valence electrons. The number of ether oxygens (including phenoxy) is 1. The number of carbonyl (C=O) groups is 1. The van der Waals surface area contributed by atoms with E-state index in [2.05, 4.69) is 28.2 Å². The van der Waals surface area contributed by atoms with Gasteiger partial charge in [-0.3, -0.25) is 4.79 Å². The molecule has 1 amide bonds. The van der Waals surface area contributed by atoms with Crippen molar-refractivity contribution in [3.63, 3.8) is 0 Å². The molecule has 0 aliphatic rings. The van der Waals surface area contributed by atoms with Crippen molar-refractivity contribution in [1.29, 1.82) is 0 Å². The van der Waals surface area contributed by atoms with Crippen LogP contribution in [0, 0.1) is 0 Å². The summed E-state index contributed by atoms with van der Waals surface area (Å²) in [5.41, 5.74) is 8.88. The quantitative estimate of drug-likeness (QED) is 0.681. The lowest BCUT2D eigenvalue weighted by Crippen LogP contribution is -2.35. The van der Waals surface area contributed by atoms with Gasteiger partial charge in [-0.1, -0.05) is 31.5 Å². The zero-order valence-corrected chi connectivity index (χ0v) is 15.2. The van der Waals surface area contributed by atoms with Crippen LogP contribution in [0.15, 0.2) is 54.7 Å². The summed E-state index contributed by atoms with van der Waals surface area (Å²) in [4.78, 5) is 12.2. The van der Waals surface area contributed by atoms with E-state index in [1.807, 2.05) is 43.3 Å². The number of benzene rings is 2. The zero-order valence-electron chi connectivity index (χ0n) is 15.2. The molecule has 1 unspecified atom stereocenters. The Morgan fingerprint density at radius 3 is 2.85 bits per heavy atom. The van der Waals surface area contributed by atoms with Crippen LogP contribution in [0.1, 0.15) is 25.3 Å². The molecule has 1 atom stereocenters. The molecule has 0 aliphatic heterocycles. The van der Waals surface area contributed by atoms with Crippen molar-refractivity contribution in [3.8, 4) is 5.75 Å². The van der Waals surface area contributed by atoms with Gasteiger partial charge in [0.05, 0.1) is 18.7 Å². The number of aromatic nitrogens is 1. The number of nitrogens with one attached hydrogen (secondary N) is 1. The third-order valence-corrected chi connectivity index (χ3v) is 4.46. The van der Waals surface area contributed by atoms with Gasteiger partial charge in [0.1, 0.15) is 5.75 Å². The minimum atomic E-state index is -0.473. The van der Waals surface area contributed by atoms with Crippen molar-refractivity contribution in [3.05, 3.63) is 60.3 Å². The average Bonchev–Trinajstić information content (AvgIpc) is 3.04. The summed E-state index contributed by atoms with van der Waals surface area (Å²) in [7, 11) is 1.67. The molecule has 0 saturated heterocycles. The van der Waals surface area contributed by atoms with E-state index in [4.69, 9.17) is 10.5 Å². The molecular formula is C21H25N3O2. The first-order valence-electron chi connectivity index (χ1n) is 8.89. The molecule has 0 radical (unpaired) electrons. The predicted octanol–water partition coefficient (Wildman–Crippen LogP) is 3.76. The molecule has 1 aromatic heterocycles. The number of amides is 1. The van der Waals surface area contributed by atoms with E-state index >= 15 is 0 Å². The van der Waals surface area contributed by atoms with Gasteiger partial charge in [0.15, 0.2) is 0 Å². The number of rotatable bonds is 7. The van der Waals surface area contributed by atoms with Gasteiger partial charge in [-0.2, -0.15) is 0 Å². The molecule has 5 nitrogen and oxygen atoms in total. The summed E-state index contributed by atoms with van der Waals surface area (Å²) in [6.07, 6.45) is 3.62. The van der Waals surface area contributed by atoms with E-state index in [0.717, 1.165) is 40.9 Å². The first kappa shape index (κ1) is 18.0. The van der Waals surface area contributed by atoms with Crippen LogP contribution in [-0.4, -0.2) is 23.6 Å². The molecule has 0 bridgehead atoms. The van der Waals surface area contributed by atoms with Gasteiger partial charge in [-0.05, 0) is 47.7 Å². The fourth-order valence-electron chi connectivity index (χ4n) is 3.04. The molecule has 3 rings (SSSR count). The number of nitrogens with two attached hydrogens (primary N) is 1. The van der Waals surface area contributed by atoms with E-state index < -0.39 is 6.04 Å². The summed E-state index contributed by atoms with van der Waals surface area (Å²) in [5, 5.41) is 4.05. The van der Waals surface area contributed by atoms with E-state index in [1.165, 1.54) is 0 Å². The van der Waals surface area contributed by atoms with Crippen LogP contribution in [-0.2, 0) is 11.3 Å².